The highest BCUT2D eigenvalue weighted by molar-refractivity contribution is 5.86. The van der Waals surface area contributed by atoms with E-state index in [1.54, 1.807) is 0 Å². The standard InChI is InChI=1S/C22H22F3N/c1-16(20-13-5-10-18-9-2-3-12-21(18)20)26-14-6-8-17-7-4-11-19(15-17)22(23,24)25/h2-5,7,9-13,15-16,26H,6,8,14H2,1H3/t16-/m0/s1/i1D3,2D,3D,4D,5D,7D,9D,10D,11D,12D,13D,14D2,15D,16D. The second-order valence-corrected chi connectivity index (χ2v) is 5.03. The van der Waals surface area contributed by atoms with Gasteiger partial charge in [-0.05, 0) is 54.1 Å². The molecule has 0 spiro atoms. The molecular weight excluding hydrogens is 335 g/mol. The molecule has 0 aliphatic rings. The van der Waals surface area contributed by atoms with Crippen molar-refractivity contribution in [3.8, 4) is 0 Å². The SMILES string of the molecule is [2H]c1c([2H])c(CCC([2H])([2H])N[C@]([2H])(c2c([2H])c([2H])c([2H])c3c([2H])c([2H])c([2H])c([2H])c23)C([2H])([2H])[2H])c([2H])c(C(F)(F)F)c1[2H]. The van der Waals surface area contributed by atoms with E-state index in [0.29, 0.717) is 0 Å². The molecular formula is C22H22F3N. The molecule has 0 aromatic heterocycles. The van der Waals surface area contributed by atoms with Crippen LogP contribution in [0.2, 0.25) is 0 Å². The monoisotopic (exact) mass is 374 g/mol. The van der Waals surface area contributed by atoms with Gasteiger partial charge in [-0.15, -0.1) is 0 Å². The van der Waals surface area contributed by atoms with Crippen molar-refractivity contribution in [1.29, 1.82) is 0 Å². The topological polar surface area (TPSA) is 12.0 Å². The van der Waals surface area contributed by atoms with Gasteiger partial charge in [-0.2, -0.15) is 13.2 Å². The van der Waals surface area contributed by atoms with E-state index in [1.165, 1.54) is 0 Å². The molecule has 1 nitrogen and oxygen atoms in total. The van der Waals surface area contributed by atoms with Gasteiger partial charge in [0, 0.05) is 12.9 Å². The number of hydrogen-bond acceptors (Lipinski definition) is 1. The van der Waals surface area contributed by atoms with Crippen LogP contribution in [0.25, 0.3) is 10.8 Å². The summed E-state index contributed by atoms with van der Waals surface area (Å²) in [6.45, 7) is -6.71. The van der Waals surface area contributed by atoms with Crippen LogP contribution in [0.15, 0.2) is 66.5 Å². The fourth-order valence-electron chi connectivity index (χ4n) is 2.05. The lowest BCUT2D eigenvalue weighted by molar-refractivity contribution is -0.137. The Morgan fingerprint density at radius 2 is 1.88 bits per heavy atom. The minimum atomic E-state index is -5.26. The summed E-state index contributed by atoms with van der Waals surface area (Å²) in [6, 6.07) is -15.0. The first-order valence-electron chi connectivity index (χ1n) is 15.8. The number of benzene rings is 3. The Balaban J connectivity index is 2.25. The third-order valence-corrected chi connectivity index (χ3v) is 3.24. The number of alkyl halides is 3. The van der Waals surface area contributed by atoms with Crippen LogP contribution in [0.5, 0.6) is 0 Å². The Bertz CT molecular complexity index is 1630. The minimum absolute atomic E-state index is 0.693. The van der Waals surface area contributed by atoms with E-state index in [9.17, 15) is 13.2 Å². The van der Waals surface area contributed by atoms with Crippen LogP contribution in [0.1, 0.15) is 59.3 Å². The maximum atomic E-state index is 13.5. The summed E-state index contributed by atoms with van der Waals surface area (Å²) < 4.78 is 178. The minimum Gasteiger partial charge on any atom is -0.310 e. The van der Waals surface area contributed by atoms with Gasteiger partial charge >= 0.3 is 6.18 Å². The van der Waals surface area contributed by atoms with Gasteiger partial charge in [0.15, 0.2) is 0 Å². The lowest BCUT2D eigenvalue weighted by Crippen LogP contribution is -2.20. The normalized spacial score (nSPS) is 24.7. The maximum absolute atomic E-state index is 13.5. The van der Waals surface area contributed by atoms with Crippen molar-refractivity contribution in [2.24, 2.45) is 0 Å². The summed E-state index contributed by atoms with van der Waals surface area (Å²) in [6.07, 6.45) is -7.15. The van der Waals surface area contributed by atoms with Gasteiger partial charge < -0.3 is 5.32 Å². The number of hydrogen-bond donors (Lipinski definition) is 1. The average molecular weight is 375 g/mol. The molecule has 0 saturated heterocycles. The highest BCUT2D eigenvalue weighted by Gasteiger charge is 2.30. The van der Waals surface area contributed by atoms with E-state index < -0.39 is 132 Å². The number of rotatable bonds is 6. The predicted molar refractivity (Wildman–Crippen MR) is 100 cm³/mol. The van der Waals surface area contributed by atoms with Crippen molar-refractivity contribution in [2.75, 3.05) is 6.50 Å². The van der Waals surface area contributed by atoms with Crippen molar-refractivity contribution in [3.05, 3.63) is 83.2 Å². The molecule has 0 aliphatic heterocycles. The smallest absolute Gasteiger partial charge is 0.310 e. The van der Waals surface area contributed by atoms with Crippen LogP contribution in [-0.4, -0.2) is 6.50 Å². The number of halogens is 3. The average Bonchev–Trinajstić information content (AvgIpc) is 2.85. The third kappa shape index (κ3) is 4.44. The largest absolute Gasteiger partial charge is 0.416 e. The van der Waals surface area contributed by atoms with E-state index in [1.807, 2.05) is 5.32 Å². The van der Waals surface area contributed by atoms with Crippen molar-refractivity contribution in [2.45, 2.75) is 31.9 Å². The van der Waals surface area contributed by atoms with Crippen molar-refractivity contribution >= 4 is 10.8 Å². The molecule has 0 heterocycles. The molecule has 1 atom stereocenters. The molecule has 0 fully saturated rings. The number of nitrogens with one attached hydrogen (secondary N) is 1. The van der Waals surface area contributed by atoms with Gasteiger partial charge in [-0.3, -0.25) is 0 Å². The maximum Gasteiger partial charge on any atom is 0.416 e. The molecule has 0 saturated carbocycles. The zero-order valence-electron chi connectivity index (χ0n) is 30.0. The highest BCUT2D eigenvalue weighted by Crippen LogP contribution is 2.29. The number of fused-ring (bicyclic) bond motifs is 1. The van der Waals surface area contributed by atoms with Crippen molar-refractivity contribution < 1.29 is 36.5 Å². The van der Waals surface area contributed by atoms with E-state index in [0.717, 1.165) is 0 Å². The molecule has 26 heavy (non-hydrogen) atoms. The zero-order valence-corrected chi connectivity index (χ0v) is 13.0. The molecule has 3 aromatic rings. The van der Waals surface area contributed by atoms with Crippen LogP contribution in [0.3, 0.4) is 0 Å². The van der Waals surface area contributed by atoms with Crippen LogP contribution in [0.4, 0.5) is 13.2 Å². The van der Waals surface area contributed by atoms with Crippen molar-refractivity contribution in [1.82, 2.24) is 5.32 Å². The lowest BCUT2D eigenvalue weighted by atomic mass is 9.99. The molecule has 136 valence electrons. The first-order chi connectivity index (χ1) is 19.3. The van der Waals surface area contributed by atoms with Crippen LogP contribution in [-0.2, 0) is 12.6 Å². The second kappa shape index (κ2) is 7.92. The Labute approximate surface area is 175 Å². The fraction of sp³-hybridized carbons (Fsp3) is 0.273. The van der Waals surface area contributed by atoms with E-state index in [4.69, 9.17) is 23.3 Å². The molecule has 0 aliphatic carbocycles. The molecule has 0 unspecified atom stereocenters. The van der Waals surface area contributed by atoms with E-state index >= 15 is 0 Å². The molecule has 4 heteroatoms. The summed E-state index contributed by atoms with van der Waals surface area (Å²) in [7, 11) is 0. The fourth-order valence-corrected chi connectivity index (χ4v) is 2.05. The lowest BCUT2D eigenvalue weighted by Gasteiger charge is -2.17. The molecule has 0 amide bonds. The first kappa shape index (κ1) is 6.68. The van der Waals surface area contributed by atoms with Crippen LogP contribution < -0.4 is 5.32 Å². The second-order valence-electron chi connectivity index (χ2n) is 5.03. The van der Waals surface area contributed by atoms with Crippen LogP contribution in [0, 0.1) is 0 Å². The van der Waals surface area contributed by atoms with Crippen molar-refractivity contribution in [3.63, 3.8) is 0 Å². The third-order valence-electron chi connectivity index (χ3n) is 3.24. The molecule has 1 N–H and O–H groups in total. The first-order valence-corrected chi connectivity index (χ1v) is 7.27. The van der Waals surface area contributed by atoms with Gasteiger partial charge in [-0.25, -0.2) is 0 Å². The Kier molecular flexibility index (Phi) is 2.03. The van der Waals surface area contributed by atoms with Gasteiger partial charge in [0.25, 0.3) is 0 Å². The molecule has 3 aromatic carbocycles. The Hall–Kier alpha value is -2.33. The quantitative estimate of drug-likeness (QED) is 0.546. The summed E-state index contributed by atoms with van der Waals surface area (Å²) in [5.41, 5.74) is -3.68. The van der Waals surface area contributed by atoms with Crippen LogP contribution >= 0.6 is 0 Å². The summed E-state index contributed by atoms with van der Waals surface area (Å²) in [4.78, 5) is 0. The molecule has 3 rings (SSSR count). The van der Waals surface area contributed by atoms with Gasteiger partial charge in [0.05, 0.1) is 22.0 Å². The molecule has 0 bridgehead atoms. The summed E-state index contributed by atoms with van der Waals surface area (Å²) in [5.74, 6) is 0. The summed E-state index contributed by atoms with van der Waals surface area (Å²) in [5, 5.41) is 0.367. The van der Waals surface area contributed by atoms with Gasteiger partial charge in [0.2, 0.25) is 0 Å². The van der Waals surface area contributed by atoms with E-state index in [-0.39, 0.29) is 0 Å². The Morgan fingerprint density at radius 3 is 2.69 bits per heavy atom. The van der Waals surface area contributed by atoms with Gasteiger partial charge in [-0.1, -0.05) is 60.4 Å². The highest BCUT2D eigenvalue weighted by atomic mass is 19.4. The summed E-state index contributed by atoms with van der Waals surface area (Å²) >= 11 is 0. The predicted octanol–water partition coefficient (Wildman–Crippen LogP) is 6.14. The van der Waals surface area contributed by atoms with E-state index in [2.05, 4.69) is 0 Å². The zero-order chi connectivity index (χ0) is 33.4. The molecule has 0 radical (unpaired) electrons. The Morgan fingerprint density at radius 1 is 1.12 bits per heavy atom. The van der Waals surface area contributed by atoms with Gasteiger partial charge in [0.1, 0.15) is 0 Å².